The molecule has 9 heteroatoms. The first-order valence-corrected chi connectivity index (χ1v) is 9.87. The lowest BCUT2D eigenvalue weighted by molar-refractivity contribution is 0.601. The van der Waals surface area contributed by atoms with E-state index < -0.39 is 10.0 Å². The first kappa shape index (κ1) is 18.7. The van der Waals surface area contributed by atoms with E-state index in [9.17, 15) is 8.42 Å². The van der Waals surface area contributed by atoms with Gasteiger partial charge in [0.25, 0.3) is 10.0 Å². The molecule has 0 saturated carbocycles. The molecule has 7 nitrogen and oxygen atoms in total. The van der Waals surface area contributed by atoms with E-state index in [1.165, 1.54) is 24.5 Å². The molecule has 0 amide bonds. The molecule has 0 bridgehead atoms. The van der Waals surface area contributed by atoms with Crippen LogP contribution in [0.4, 0.5) is 17.3 Å². The number of aryl methyl sites for hydroxylation is 1. The van der Waals surface area contributed by atoms with Crippen molar-refractivity contribution in [2.24, 2.45) is 0 Å². The number of aromatic nitrogens is 2. The van der Waals surface area contributed by atoms with Gasteiger partial charge in [-0.2, -0.15) is 0 Å². The van der Waals surface area contributed by atoms with Crippen molar-refractivity contribution in [3.8, 4) is 0 Å². The molecule has 3 N–H and O–H groups in total. The van der Waals surface area contributed by atoms with Gasteiger partial charge in [0, 0.05) is 23.8 Å². The largest absolute Gasteiger partial charge is 0.332 e. The fraction of sp³-hybridized carbons (Fsp3) is 0.0556. The van der Waals surface area contributed by atoms with Crippen LogP contribution < -0.4 is 15.4 Å². The first-order chi connectivity index (χ1) is 12.9. The zero-order chi connectivity index (χ0) is 19.3. The van der Waals surface area contributed by atoms with Crippen molar-refractivity contribution in [2.75, 3.05) is 15.4 Å². The Kier molecular flexibility index (Phi) is 5.63. The zero-order valence-corrected chi connectivity index (χ0v) is 16.0. The fourth-order valence-electron chi connectivity index (χ4n) is 2.25. The highest BCUT2D eigenvalue weighted by atomic mass is 32.2. The van der Waals surface area contributed by atoms with Crippen molar-refractivity contribution in [3.63, 3.8) is 0 Å². The predicted octanol–water partition coefficient (Wildman–Crippen LogP) is 3.39. The van der Waals surface area contributed by atoms with Gasteiger partial charge >= 0.3 is 0 Å². The smallest absolute Gasteiger partial charge is 0.264 e. The summed E-state index contributed by atoms with van der Waals surface area (Å²) in [6.45, 7) is 1.98. The monoisotopic (exact) mass is 399 g/mol. The van der Waals surface area contributed by atoms with E-state index in [1.54, 1.807) is 18.2 Å². The molecule has 0 unspecified atom stereocenters. The van der Waals surface area contributed by atoms with Crippen molar-refractivity contribution in [3.05, 3.63) is 72.6 Å². The van der Waals surface area contributed by atoms with Crippen molar-refractivity contribution in [1.82, 2.24) is 9.97 Å². The third-order valence-corrected chi connectivity index (χ3v) is 5.16. The topological polar surface area (TPSA) is 96.0 Å². The zero-order valence-electron chi connectivity index (χ0n) is 14.4. The average Bonchev–Trinajstić information content (AvgIpc) is 2.64. The maximum absolute atomic E-state index is 12.4. The Morgan fingerprint density at radius 3 is 2.26 bits per heavy atom. The molecule has 0 atom stereocenters. The van der Waals surface area contributed by atoms with E-state index >= 15 is 0 Å². The molecule has 0 saturated heterocycles. The van der Waals surface area contributed by atoms with E-state index in [0.717, 1.165) is 11.3 Å². The molecule has 3 aromatic rings. The quantitative estimate of drug-likeness (QED) is 0.566. The summed E-state index contributed by atoms with van der Waals surface area (Å²) in [7, 11) is -3.76. The van der Waals surface area contributed by atoms with Crippen LogP contribution in [0.2, 0.25) is 0 Å². The summed E-state index contributed by atoms with van der Waals surface area (Å²) < 4.78 is 27.1. The van der Waals surface area contributed by atoms with Crippen LogP contribution in [0.3, 0.4) is 0 Å². The summed E-state index contributed by atoms with van der Waals surface area (Å²) in [6, 6.07) is 15.6. The van der Waals surface area contributed by atoms with Crippen LogP contribution in [-0.4, -0.2) is 23.5 Å². The fourth-order valence-corrected chi connectivity index (χ4v) is 3.43. The van der Waals surface area contributed by atoms with Crippen LogP contribution >= 0.6 is 12.2 Å². The van der Waals surface area contributed by atoms with Crippen LogP contribution in [0.25, 0.3) is 0 Å². The van der Waals surface area contributed by atoms with Gasteiger partial charge in [0.05, 0.1) is 4.90 Å². The molecule has 1 heterocycles. The molecule has 138 valence electrons. The summed E-state index contributed by atoms with van der Waals surface area (Å²) in [5, 5.41) is 6.55. The van der Waals surface area contributed by atoms with E-state index in [0.29, 0.717) is 10.8 Å². The number of nitrogens with one attached hydrogen (secondary N) is 3. The van der Waals surface area contributed by atoms with Crippen molar-refractivity contribution in [2.45, 2.75) is 11.8 Å². The van der Waals surface area contributed by atoms with Crippen molar-refractivity contribution >= 4 is 44.7 Å². The minimum absolute atomic E-state index is 0.0170. The van der Waals surface area contributed by atoms with E-state index in [4.69, 9.17) is 12.2 Å². The minimum Gasteiger partial charge on any atom is -0.332 e. The number of rotatable bonds is 5. The Morgan fingerprint density at radius 2 is 1.59 bits per heavy atom. The number of para-hydroxylation sites is 1. The highest BCUT2D eigenvalue weighted by Crippen LogP contribution is 2.17. The Labute approximate surface area is 162 Å². The second-order valence-corrected chi connectivity index (χ2v) is 7.69. The number of anilines is 3. The van der Waals surface area contributed by atoms with Gasteiger partial charge in [-0.25, -0.2) is 23.1 Å². The van der Waals surface area contributed by atoms with Gasteiger partial charge in [-0.15, -0.1) is 0 Å². The Morgan fingerprint density at radius 1 is 0.926 bits per heavy atom. The number of thiocarbonyl (C=S) groups is 1. The lowest BCUT2D eigenvalue weighted by Gasteiger charge is -2.13. The number of hydrogen-bond acceptors (Lipinski definition) is 5. The Balaban J connectivity index is 1.66. The van der Waals surface area contributed by atoms with Gasteiger partial charge in [-0.05, 0) is 61.1 Å². The lowest BCUT2D eigenvalue weighted by Crippen LogP contribution is -2.19. The number of nitrogens with zero attached hydrogens (tertiary/aromatic N) is 2. The molecule has 1 aromatic heterocycles. The summed E-state index contributed by atoms with van der Waals surface area (Å²) in [5.74, 6) is 0.0170. The predicted molar refractivity (Wildman–Crippen MR) is 110 cm³/mol. The van der Waals surface area contributed by atoms with Gasteiger partial charge in [0.15, 0.2) is 5.11 Å². The van der Waals surface area contributed by atoms with E-state index in [2.05, 4.69) is 25.3 Å². The summed E-state index contributed by atoms with van der Waals surface area (Å²) >= 11 is 5.30. The van der Waals surface area contributed by atoms with Gasteiger partial charge in [-0.1, -0.05) is 18.2 Å². The molecule has 0 aliphatic rings. The molecule has 27 heavy (non-hydrogen) atoms. The molecule has 3 rings (SSSR count). The van der Waals surface area contributed by atoms with Gasteiger partial charge in [0.1, 0.15) is 0 Å². The second-order valence-electron chi connectivity index (χ2n) is 5.60. The molecule has 0 spiro atoms. The third kappa shape index (κ3) is 4.99. The molecular weight excluding hydrogens is 382 g/mol. The van der Waals surface area contributed by atoms with E-state index in [-0.39, 0.29) is 10.8 Å². The van der Waals surface area contributed by atoms with Crippen molar-refractivity contribution < 1.29 is 8.42 Å². The molecule has 0 fully saturated rings. The lowest BCUT2D eigenvalue weighted by atomic mass is 10.2. The summed E-state index contributed by atoms with van der Waals surface area (Å²) in [6.07, 6.45) is 2.92. The van der Waals surface area contributed by atoms with Gasteiger partial charge < -0.3 is 10.6 Å². The standard InChI is InChI=1S/C18H17N5O2S2/c1-13-5-2-3-6-16(13)22-18(26)21-14-7-9-15(10-8-14)27(24,25)23-17-19-11-4-12-20-17/h2-12H,1H3,(H,19,20,23)(H2,21,22,26). The second kappa shape index (κ2) is 8.11. The van der Waals surface area contributed by atoms with Gasteiger partial charge in [-0.3, -0.25) is 0 Å². The SMILES string of the molecule is Cc1ccccc1NC(=S)Nc1ccc(S(=O)(=O)Nc2ncccn2)cc1. The minimum atomic E-state index is -3.76. The summed E-state index contributed by atoms with van der Waals surface area (Å²) in [4.78, 5) is 7.80. The molecule has 2 aromatic carbocycles. The highest BCUT2D eigenvalue weighted by Gasteiger charge is 2.15. The van der Waals surface area contributed by atoms with E-state index in [1.807, 2.05) is 31.2 Å². The van der Waals surface area contributed by atoms with Crippen LogP contribution in [0.1, 0.15) is 5.56 Å². The Hall–Kier alpha value is -3.04. The molecule has 0 aliphatic heterocycles. The average molecular weight is 400 g/mol. The molecule has 0 aliphatic carbocycles. The number of benzene rings is 2. The van der Waals surface area contributed by atoms with Crippen LogP contribution in [0.5, 0.6) is 0 Å². The number of hydrogen-bond donors (Lipinski definition) is 3. The van der Waals surface area contributed by atoms with Crippen LogP contribution in [0.15, 0.2) is 71.9 Å². The van der Waals surface area contributed by atoms with Crippen molar-refractivity contribution in [1.29, 1.82) is 0 Å². The van der Waals surface area contributed by atoms with Crippen LogP contribution in [0, 0.1) is 6.92 Å². The third-order valence-electron chi connectivity index (χ3n) is 3.61. The maximum atomic E-state index is 12.4. The molecular formula is C18H17N5O2S2. The van der Waals surface area contributed by atoms with Gasteiger partial charge in [0.2, 0.25) is 5.95 Å². The highest BCUT2D eigenvalue weighted by molar-refractivity contribution is 7.92. The normalized spacial score (nSPS) is 10.9. The first-order valence-electron chi connectivity index (χ1n) is 7.97. The maximum Gasteiger partial charge on any atom is 0.264 e. The van der Waals surface area contributed by atoms with Crippen LogP contribution in [-0.2, 0) is 10.0 Å². The number of sulfonamides is 1. The Bertz CT molecular complexity index is 1040. The molecule has 0 radical (unpaired) electrons. The summed E-state index contributed by atoms with van der Waals surface area (Å²) in [5.41, 5.74) is 2.63.